The zero-order valence-electron chi connectivity index (χ0n) is 14.0. The maximum atomic E-state index is 12.6. The van der Waals surface area contributed by atoms with Gasteiger partial charge in [-0.15, -0.1) is 11.8 Å². The number of aryl methyl sites for hydroxylation is 1. The first-order chi connectivity index (χ1) is 11.7. The minimum Gasteiger partial charge on any atom is -0.340 e. The largest absolute Gasteiger partial charge is 0.340 e. The van der Waals surface area contributed by atoms with E-state index in [9.17, 15) is 4.79 Å². The molecular weight excluding hydrogens is 322 g/mol. The number of hydrogen-bond acceptors (Lipinski definition) is 5. The van der Waals surface area contributed by atoms with Crippen LogP contribution >= 0.6 is 11.8 Å². The monoisotopic (exact) mass is 345 g/mol. The van der Waals surface area contributed by atoms with E-state index in [0.29, 0.717) is 29.3 Å². The molecule has 128 valence electrons. The van der Waals surface area contributed by atoms with Gasteiger partial charge in [-0.2, -0.15) is 4.98 Å². The van der Waals surface area contributed by atoms with E-state index in [4.69, 9.17) is 4.52 Å². The third-order valence-electron chi connectivity index (χ3n) is 4.29. The van der Waals surface area contributed by atoms with E-state index in [1.54, 1.807) is 18.7 Å². The van der Waals surface area contributed by atoms with Crippen LogP contribution in [0.4, 0.5) is 0 Å². The highest BCUT2D eigenvalue weighted by Gasteiger charge is 2.26. The zero-order chi connectivity index (χ0) is 16.8. The van der Waals surface area contributed by atoms with E-state index in [2.05, 4.69) is 39.3 Å². The van der Waals surface area contributed by atoms with Gasteiger partial charge in [0.05, 0.1) is 11.5 Å². The lowest BCUT2D eigenvalue weighted by Gasteiger charge is -2.36. The summed E-state index contributed by atoms with van der Waals surface area (Å²) in [7, 11) is 0. The molecule has 0 radical (unpaired) electrons. The van der Waals surface area contributed by atoms with Gasteiger partial charge in [0.1, 0.15) is 0 Å². The number of aromatic nitrogens is 2. The number of carbonyl (C=O) groups excluding carboxylic acids is 1. The molecule has 0 N–H and O–H groups in total. The fourth-order valence-corrected chi connectivity index (χ4v) is 3.88. The number of hydrogen-bond donors (Lipinski definition) is 0. The summed E-state index contributed by atoms with van der Waals surface area (Å²) < 4.78 is 4.95. The molecular formula is C18H23N3O2S. The minimum absolute atomic E-state index is 0.223. The van der Waals surface area contributed by atoms with Crippen molar-refractivity contribution in [3.63, 3.8) is 0 Å². The van der Waals surface area contributed by atoms with E-state index in [0.717, 1.165) is 25.8 Å². The molecule has 5 nitrogen and oxygen atoms in total. The average molecular weight is 345 g/mol. The molecule has 0 aliphatic carbocycles. The number of nitrogens with zero attached hydrogens (tertiary/aromatic N) is 3. The normalized spacial score (nSPS) is 17.9. The molecule has 1 amide bonds. The van der Waals surface area contributed by atoms with E-state index < -0.39 is 0 Å². The smallest absolute Gasteiger partial charge is 0.232 e. The van der Waals surface area contributed by atoms with Crippen LogP contribution in [0.15, 0.2) is 34.9 Å². The van der Waals surface area contributed by atoms with Gasteiger partial charge < -0.3 is 9.42 Å². The van der Waals surface area contributed by atoms with Gasteiger partial charge >= 0.3 is 0 Å². The van der Waals surface area contributed by atoms with Gasteiger partial charge in [0.25, 0.3) is 0 Å². The second-order valence-corrected chi connectivity index (χ2v) is 7.13. The molecule has 1 aromatic carbocycles. The lowest BCUT2D eigenvalue weighted by atomic mass is 9.95. The number of amides is 1. The number of thioether (sulfide) groups is 1. The Labute approximate surface area is 146 Å². The number of piperidine rings is 1. The van der Waals surface area contributed by atoms with E-state index in [1.165, 1.54) is 12.0 Å². The average Bonchev–Trinajstić information content (AvgIpc) is 3.01. The van der Waals surface area contributed by atoms with Crippen LogP contribution in [-0.4, -0.2) is 39.3 Å². The predicted octanol–water partition coefficient (Wildman–Crippen LogP) is 3.24. The maximum Gasteiger partial charge on any atom is 0.232 e. The molecule has 2 aromatic rings. The number of carbonyl (C=O) groups is 1. The van der Waals surface area contributed by atoms with Gasteiger partial charge in [-0.1, -0.05) is 35.5 Å². The highest BCUT2D eigenvalue weighted by atomic mass is 32.2. The van der Waals surface area contributed by atoms with Crippen LogP contribution in [0.2, 0.25) is 0 Å². The molecule has 1 atom stereocenters. The molecule has 1 saturated heterocycles. The Bertz CT molecular complexity index is 659. The van der Waals surface area contributed by atoms with Gasteiger partial charge in [-0.25, -0.2) is 0 Å². The summed E-state index contributed by atoms with van der Waals surface area (Å²) in [6, 6.07) is 10.8. The summed E-state index contributed by atoms with van der Waals surface area (Å²) in [5, 5.41) is 3.86. The molecule has 0 unspecified atom stereocenters. The molecule has 0 saturated carbocycles. The molecule has 2 heterocycles. The molecule has 1 aromatic heterocycles. The quantitative estimate of drug-likeness (QED) is 0.804. The molecule has 0 bridgehead atoms. The molecule has 6 heteroatoms. The van der Waals surface area contributed by atoms with Crippen molar-refractivity contribution in [1.29, 1.82) is 0 Å². The molecule has 0 spiro atoms. The van der Waals surface area contributed by atoms with Crippen molar-refractivity contribution in [3.8, 4) is 0 Å². The molecule has 3 rings (SSSR count). The van der Waals surface area contributed by atoms with Gasteiger partial charge in [0.2, 0.25) is 11.8 Å². The third kappa shape index (κ3) is 4.60. The van der Waals surface area contributed by atoms with Crippen molar-refractivity contribution in [2.24, 2.45) is 0 Å². The summed E-state index contributed by atoms with van der Waals surface area (Å²) >= 11 is 1.55. The Hall–Kier alpha value is -1.82. The van der Waals surface area contributed by atoms with Crippen molar-refractivity contribution in [2.45, 2.75) is 44.4 Å². The Morgan fingerprint density at radius 3 is 2.92 bits per heavy atom. The number of benzene rings is 1. The highest BCUT2D eigenvalue weighted by molar-refractivity contribution is 7.99. The Morgan fingerprint density at radius 1 is 1.33 bits per heavy atom. The van der Waals surface area contributed by atoms with E-state index in [1.807, 2.05) is 6.07 Å². The molecule has 1 aliphatic rings. The first-order valence-corrected chi connectivity index (χ1v) is 9.58. The van der Waals surface area contributed by atoms with Crippen LogP contribution in [0.5, 0.6) is 0 Å². The predicted molar refractivity (Wildman–Crippen MR) is 94.7 cm³/mol. The van der Waals surface area contributed by atoms with Gasteiger partial charge in [-0.3, -0.25) is 4.79 Å². The summed E-state index contributed by atoms with van der Waals surface area (Å²) in [6.07, 6.45) is 4.35. The fourth-order valence-electron chi connectivity index (χ4n) is 3.14. The standard InChI is InChI=1S/C18H23N3O2S/c1-14-19-17(20-23-14)12-24-13-18(22)21-10-6-5-9-16(21)11-15-7-3-2-4-8-15/h2-4,7-8,16H,5-6,9-13H2,1H3/t16-/m0/s1. The lowest BCUT2D eigenvalue weighted by Crippen LogP contribution is -2.45. The molecule has 1 fully saturated rings. The van der Waals surface area contributed by atoms with Crippen molar-refractivity contribution in [2.75, 3.05) is 12.3 Å². The summed E-state index contributed by atoms with van der Waals surface area (Å²) in [5.41, 5.74) is 1.30. The van der Waals surface area contributed by atoms with Crippen LogP contribution in [0, 0.1) is 6.92 Å². The van der Waals surface area contributed by atoms with Crippen molar-refractivity contribution < 1.29 is 9.32 Å². The number of likely N-dealkylation sites (tertiary alicyclic amines) is 1. The van der Waals surface area contributed by atoms with Crippen molar-refractivity contribution in [1.82, 2.24) is 15.0 Å². The third-order valence-corrected chi connectivity index (χ3v) is 5.20. The lowest BCUT2D eigenvalue weighted by molar-refractivity contribution is -0.131. The Kier molecular flexibility index (Phi) is 5.91. The first-order valence-electron chi connectivity index (χ1n) is 8.42. The second-order valence-electron chi connectivity index (χ2n) is 6.15. The maximum absolute atomic E-state index is 12.6. The van der Waals surface area contributed by atoms with E-state index in [-0.39, 0.29) is 5.91 Å². The zero-order valence-corrected chi connectivity index (χ0v) is 14.8. The van der Waals surface area contributed by atoms with Crippen LogP contribution < -0.4 is 0 Å². The van der Waals surface area contributed by atoms with Gasteiger partial charge in [0, 0.05) is 19.5 Å². The highest BCUT2D eigenvalue weighted by Crippen LogP contribution is 2.22. The van der Waals surface area contributed by atoms with Crippen LogP contribution in [0.1, 0.15) is 36.5 Å². The van der Waals surface area contributed by atoms with Crippen molar-refractivity contribution in [3.05, 3.63) is 47.6 Å². The van der Waals surface area contributed by atoms with E-state index >= 15 is 0 Å². The van der Waals surface area contributed by atoms with Crippen LogP contribution in [0.25, 0.3) is 0 Å². The summed E-state index contributed by atoms with van der Waals surface area (Å²) in [5.74, 6) is 2.53. The van der Waals surface area contributed by atoms with Crippen LogP contribution in [-0.2, 0) is 17.0 Å². The minimum atomic E-state index is 0.223. The Balaban J connectivity index is 1.53. The SMILES string of the molecule is Cc1nc(CSCC(=O)N2CCCC[C@H]2Cc2ccccc2)no1. The number of rotatable bonds is 6. The summed E-state index contributed by atoms with van der Waals surface area (Å²) in [6.45, 7) is 2.65. The topological polar surface area (TPSA) is 59.2 Å². The van der Waals surface area contributed by atoms with Crippen molar-refractivity contribution >= 4 is 17.7 Å². The van der Waals surface area contributed by atoms with Gasteiger partial charge in [0.15, 0.2) is 5.82 Å². The summed E-state index contributed by atoms with van der Waals surface area (Å²) in [4.78, 5) is 18.9. The molecule has 24 heavy (non-hydrogen) atoms. The second kappa shape index (κ2) is 8.33. The first kappa shape index (κ1) is 17.0. The fraction of sp³-hybridized carbons (Fsp3) is 0.500. The van der Waals surface area contributed by atoms with Crippen LogP contribution in [0.3, 0.4) is 0 Å². The molecule has 1 aliphatic heterocycles. The van der Waals surface area contributed by atoms with Gasteiger partial charge in [-0.05, 0) is 31.2 Å². The Morgan fingerprint density at radius 2 is 2.17 bits per heavy atom.